The smallest absolute Gasteiger partial charge is 0.264 e. The van der Waals surface area contributed by atoms with Crippen LogP contribution in [0.3, 0.4) is 0 Å². The highest BCUT2D eigenvalue weighted by Crippen LogP contribution is 2.34. The van der Waals surface area contributed by atoms with Crippen LogP contribution in [-0.2, 0) is 4.79 Å². The maximum absolute atomic E-state index is 11.7. The normalized spacial score (nSPS) is 23.9. The first-order valence-electron chi connectivity index (χ1n) is 8.01. The molecule has 0 radical (unpaired) electrons. The van der Waals surface area contributed by atoms with E-state index in [9.17, 15) is 9.90 Å². The van der Waals surface area contributed by atoms with Crippen LogP contribution in [0.5, 0.6) is 5.75 Å². The van der Waals surface area contributed by atoms with Crippen LogP contribution in [0.1, 0.15) is 37.9 Å². The van der Waals surface area contributed by atoms with Gasteiger partial charge in [0.05, 0.1) is 11.8 Å². The molecule has 22 heavy (non-hydrogen) atoms. The van der Waals surface area contributed by atoms with Crippen LogP contribution in [0.2, 0.25) is 0 Å². The van der Waals surface area contributed by atoms with Crippen LogP contribution in [0.4, 0.5) is 5.69 Å². The predicted octanol–water partition coefficient (Wildman–Crippen LogP) is 1.95. The Hall–Kier alpha value is -1.59. The molecule has 5 heteroatoms. The number of anilines is 1. The molecule has 0 saturated carbocycles. The van der Waals surface area contributed by atoms with Crippen molar-refractivity contribution in [3.8, 4) is 5.75 Å². The Labute approximate surface area is 131 Å². The van der Waals surface area contributed by atoms with Crippen molar-refractivity contribution in [2.24, 2.45) is 0 Å². The average molecular weight is 304 g/mol. The number of rotatable bonds is 3. The lowest BCUT2D eigenvalue weighted by Gasteiger charge is -2.35. The molecule has 1 aromatic carbocycles. The third-order valence-electron chi connectivity index (χ3n) is 4.80. The van der Waals surface area contributed by atoms with Gasteiger partial charge in [-0.25, -0.2) is 0 Å². The van der Waals surface area contributed by atoms with Gasteiger partial charge in [0, 0.05) is 19.6 Å². The van der Waals surface area contributed by atoms with Crippen LogP contribution in [-0.4, -0.2) is 48.7 Å². The van der Waals surface area contributed by atoms with E-state index in [0.717, 1.165) is 17.8 Å². The van der Waals surface area contributed by atoms with Gasteiger partial charge in [-0.15, -0.1) is 0 Å². The van der Waals surface area contributed by atoms with Gasteiger partial charge in [0.25, 0.3) is 5.91 Å². The van der Waals surface area contributed by atoms with Gasteiger partial charge in [0.1, 0.15) is 5.75 Å². The first-order chi connectivity index (χ1) is 10.6. The zero-order chi connectivity index (χ0) is 15.7. The number of piperidine rings is 1. The van der Waals surface area contributed by atoms with E-state index < -0.39 is 6.10 Å². The van der Waals surface area contributed by atoms with E-state index in [1.807, 2.05) is 18.2 Å². The number of ether oxygens (including phenoxy) is 1. The number of aliphatic hydroxyl groups is 1. The molecule has 3 rings (SSSR count). The van der Waals surface area contributed by atoms with Crippen molar-refractivity contribution in [1.82, 2.24) is 4.90 Å². The second-order valence-electron chi connectivity index (χ2n) is 6.32. The summed E-state index contributed by atoms with van der Waals surface area (Å²) >= 11 is 0. The molecule has 2 atom stereocenters. The molecule has 0 spiro atoms. The molecule has 2 unspecified atom stereocenters. The maximum Gasteiger partial charge on any atom is 0.264 e. The molecular weight excluding hydrogens is 280 g/mol. The number of likely N-dealkylation sites (tertiary alicyclic amines) is 1. The van der Waals surface area contributed by atoms with E-state index in [2.05, 4.69) is 11.8 Å². The van der Waals surface area contributed by atoms with Gasteiger partial charge in [-0.3, -0.25) is 9.69 Å². The van der Waals surface area contributed by atoms with Crippen molar-refractivity contribution in [3.63, 3.8) is 0 Å². The number of hydrogen-bond acceptors (Lipinski definition) is 4. The number of nitrogens with zero attached hydrogens (tertiary/aromatic N) is 2. The molecule has 2 aliphatic heterocycles. The van der Waals surface area contributed by atoms with Crippen molar-refractivity contribution in [2.75, 3.05) is 31.6 Å². The van der Waals surface area contributed by atoms with Gasteiger partial charge < -0.3 is 14.7 Å². The Morgan fingerprint density at radius 1 is 1.41 bits per heavy atom. The lowest BCUT2D eigenvalue weighted by atomic mass is 10.0. The summed E-state index contributed by atoms with van der Waals surface area (Å²) in [5.74, 6) is 0.633. The molecule has 1 aromatic rings. The van der Waals surface area contributed by atoms with Gasteiger partial charge in [-0.2, -0.15) is 0 Å². The van der Waals surface area contributed by atoms with Crippen molar-refractivity contribution in [3.05, 3.63) is 23.8 Å². The zero-order valence-electron chi connectivity index (χ0n) is 13.3. The minimum atomic E-state index is -0.545. The highest BCUT2D eigenvalue weighted by molar-refractivity contribution is 5.97. The van der Waals surface area contributed by atoms with E-state index in [4.69, 9.17) is 4.74 Å². The summed E-state index contributed by atoms with van der Waals surface area (Å²) in [6.07, 6.45) is 3.13. The monoisotopic (exact) mass is 304 g/mol. The summed E-state index contributed by atoms with van der Waals surface area (Å²) in [5, 5.41) is 10.6. The fraction of sp³-hybridized carbons (Fsp3) is 0.588. The Balaban J connectivity index is 1.75. The quantitative estimate of drug-likeness (QED) is 0.927. The summed E-state index contributed by atoms with van der Waals surface area (Å²) in [6, 6.07) is 6.12. The summed E-state index contributed by atoms with van der Waals surface area (Å²) < 4.78 is 5.42. The highest BCUT2D eigenvalue weighted by atomic mass is 16.5. The van der Waals surface area contributed by atoms with E-state index in [0.29, 0.717) is 18.3 Å². The molecule has 0 bridgehead atoms. The number of fused-ring (bicyclic) bond motifs is 1. The van der Waals surface area contributed by atoms with E-state index in [1.54, 1.807) is 11.9 Å². The Kier molecular flexibility index (Phi) is 4.36. The molecular formula is C17H24N2O3. The minimum Gasteiger partial charge on any atom is -0.482 e. The van der Waals surface area contributed by atoms with Gasteiger partial charge in [-0.1, -0.05) is 12.5 Å². The SMILES string of the molecule is CC1CCCCN1CC(O)c1ccc2c(c1)N(C)C(=O)CO2. The number of β-amino-alcohol motifs (C(OH)–C–C–N with tert-alkyl or cyclic N) is 1. The van der Waals surface area contributed by atoms with Crippen molar-refractivity contribution >= 4 is 11.6 Å². The fourth-order valence-electron chi connectivity index (χ4n) is 3.25. The Morgan fingerprint density at radius 2 is 2.23 bits per heavy atom. The Bertz CT molecular complexity index is 561. The number of carbonyl (C=O) groups is 1. The summed E-state index contributed by atoms with van der Waals surface area (Å²) in [7, 11) is 1.74. The van der Waals surface area contributed by atoms with Crippen LogP contribution < -0.4 is 9.64 Å². The van der Waals surface area contributed by atoms with E-state index in [1.165, 1.54) is 19.3 Å². The van der Waals surface area contributed by atoms with Gasteiger partial charge in [0.2, 0.25) is 0 Å². The van der Waals surface area contributed by atoms with Gasteiger partial charge in [-0.05, 0) is 44.0 Å². The van der Waals surface area contributed by atoms with Crippen LogP contribution in [0.15, 0.2) is 18.2 Å². The number of benzene rings is 1. The molecule has 2 heterocycles. The van der Waals surface area contributed by atoms with Crippen LogP contribution in [0.25, 0.3) is 0 Å². The van der Waals surface area contributed by atoms with Crippen molar-refractivity contribution in [1.29, 1.82) is 0 Å². The molecule has 5 nitrogen and oxygen atoms in total. The Morgan fingerprint density at radius 3 is 3.00 bits per heavy atom. The molecule has 1 N–H and O–H groups in total. The number of hydrogen-bond donors (Lipinski definition) is 1. The van der Waals surface area contributed by atoms with E-state index >= 15 is 0 Å². The molecule has 2 aliphatic rings. The standard InChI is InChI=1S/C17H24N2O3/c1-12-5-3-4-8-19(12)10-15(20)13-6-7-16-14(9-13)18(2)17(21)11-22-16/h6-7,9,12,15,20H,3-5,8,10-11H2,1-2H3. The first-order valence-corrected chi connectivity index (χ1v) is 8.01. The average Bonchev–Trinajstić information content (AvgIpc) is 2.53. The lowest BCUT2D eigenvalue weighted by Crippen LogP contribution is -2.40. The van der Waals surface area contributed by atoms with Crippen LogP contribution in [0, 0.1) is 0 Å². The third-order valence-corrected chi connectivity index (χ3v) is 4.80. The predicted molar refractivity (Wildman–Crippen MR) is 85.2 cm³/mol. The summed E-state index contributed by atoms with van der Waals surface area (Å²) in [4.78, 5) is 15.7. The number of likely N-dealkylation sites (N-methyl/N-ethyl adjacent to an activating group) is 1. The number of amides is 1. The van der Waals surface area contributed by atoms with Crippen LogP contribution >= 0.6 is 0 Å². The zero-order valence-corrected chi connectivity index (χ0v) is 13.3. The molecule has 1 fully saturated rings. The molecule has 0 aromatic heterocycles. The largest absolute Gasteiger partial charge is 0.482 e. The summed E-state index contributed by atoms with van der Waals surface area (Å²) in [6.45, 7) is 3.98. The second-order valence-corrected chi connectivity index (χ2v) is 6.32. The summed E-state index contributed by atoms with van der Waals surface area (Å²) in [5.41, 5.74) is 1.57. The third kappa shape index (κ3) is 2.96. The topological polar surface area (TPSA) is 53.0 Å². The first kappa shape index (κ1) is 15.3. The highest BCUT2D eigenvalue weighted by Gasteiger charge is 2.25. The fourth-order valence-corrected chi connectivity index (χ4v) is 3.25. The number of carbonyl (C=O) groups excluding carboxylic acids is 1. The molecule has 1 saturated heterocycles. The van der Waals surface area contributed by atoms with Gasteiger partial charge >= 0.3 is 0 Å². The maximum atomic E-state index is 11.7. The van der Waals surface area contributed by atoms with E-state index in [-0.39, 0.29) is 12.5 Å². The molecule has 120 valence electrons. The van der Waals surface area contributed by atoms with Crippen molar-refractivity contribution < 1.29 is 14.6 Å². The van der Waals surface area contributed by atoms with Crippen molar-refractivity contribution in [2.45, 2.75) is 38.3 Å². The lowest BCUT2D eigenvalue weighted by molar-refractivity contribution is -0.120. The number of aliphatic hydroxyl groups excluding tert-OH is 1. The second kappa shape index (κ2) is 6.26. The molecule has 1 amide bonds. The van der Waals surface area contributed by atoms with Gasteiger partial charge in [0.15, 0.2) is 6.61 Å². The minimum absolute atomic E-state index is 0.0659. The molecule has 0 aliphatic carbocycles.